The maximum atomic E-state index is 12.9. The van der Waals surface area contributed by atoms with Crippen molar-refractivity contribution < 1.29 is 144 Å². The Morgan fingerprint density at radius 2 is 0.989 bits per heavy atom. The minimum Gasteiger partial charge on any atom is -0.394 e. The van der Waals surface area contributed by atoms with E-state index in [0.29, 0.717) is 32.1 Å². The molecule has 3 unspecified atom stereocenters. The zero-order valence-corrected chi connectivity index (χ0v) is 52.5. The summed E-state index contributed by atoms with van der Waals surface area (Å²) in [5, 5.41) is 205. The van der Waals surface area contributed by atoms with E-state index in [0.717, 1.165) is 24.8 Å². The maximum Gasteiger partial charge on any atom is 0.187 e. The molecule has 5 saturated heterocycles. The maximum absolute atomic E-state index is 12.9. The summed E-state index contributed by atoms with van der Waals surface area (Å²) in [4.78, 5) is 0. The highest BCUT2D eigenvalue weighted by Gasteiger charge is 2.71. The van der Waals surface area contributed by atoms with Crippen molar-refractivity contribution in [1.29, 1.82) is 0 Å². The molecule has 90 heavy (non-hydrogen) atoms. The molecule has 0 radical (unpaired) electrons. The van der Waals surface area contributed by atoms with Crippen LogP contribution in [0.25, 0.3) is 0 Å². The number of allylic oxidation sites excluding steroid dienone is 1. The van der Waals surface area contributed by atoms with Gasteiger partial charge in [-0.2, -0.15) is 0 Å². The van der Waals surface area contributed by atoms with Crippen molar-refractivity contribution in [2.45, 2.75) is 291 Å². The van der Waals surface area contributed by atoms with Gasteiger partial charge in [-0.05, 0) is 106 Å². The molecule has 3 saturated carbocycles. The van der Waals surface area contributed by atoms with E-state index in [4.69, 9.17) is 47.4 Å². The van der Waals surface area contributed by atoms with Crippen LogP contribution in [0.15, 0.2) is 11.6 Å². The van der Waals surface area contributed by atoms with Crippen LogP contribution in [0.4, 0.5) is 0 Å². The first-order chi connectivity index (χ1) is 42.2. The second-order valence-electron chi connectivity index (χ2n) is 28.8. The summed E-state index contributed by atoms with van der Waals surface area (Å²) < 4.78 is 59.5. The highest BCUT2D eigenvalue weighted by Crippen LogP contribution is 2.76. The Morgan fingerprint density at radius 3 is 1.48 bits per heavy atom. The Kier molecular flexibility index (Phi) is 22.8. The van der Waals surface area contributed by atoms with Crippen molar-refractivity contribution in [3.63, 3.8) is 0 Å². The van der Waals surface area contributed by atoms with Gasteiger partial charge in [-0.1, -0.05) is 53.2 Å². The fourth-order valence-corrected chi connectivity index (χ4v) is 17.6. The van der Waals surface area contributed by atoms with Gasteiger partial charge >= 0.3 is 0 Å². The van der Waals surface area contributed by atoms with Gasteiger partial charge in [0.1, 0.15) is 122 Å². The van der Waals surface area contributed by atoms with Crippen molar-refractivity contribution in [1.82, 2.24) is 0 Å². The summed E-state index contributed by atoms with van der Waals surface area (Å²) >= 11 is 0. The molecule has 522 valence electrons. The lowest BCUT2D eigenvalue weighted by Crippen LogP contribution is -2.66. The number of hydrogen-bond acceptors (Lipinski definition) is 29. The number of aliphatic hydroxyl groups excluding tert-OH is 18. The van der Waals surface area contributed by atoms with Gasteiger partial charge in [0.15, 0.2) is 31.5 Å². The molecule has 0 amide bonds. The summed E-state index contributed by atoms with van der Waals surface area (Å²) in [5.74, 6) is 0.00420. The Labute approximate surface area is 523 Å². The molecule has 35 atom stereocenters. The SMILES string of the molecule is CC[C@@]12CCC([C@H](C)CC[C@@H](O[C@@H]3O[C@H](CO[C@H]4O[C@H](CO)[C@@H](O)[C@H](O)[C@H]4O)[C@@H](O)[C@H](O)[C@H]3O[C@@H]3O[C@H](CO)[C@@H](O)[C@H](O)[C@H]3O)C(C)(C)O)[C@@]1(C)C[C@@H](O)[C@@]1(C)C3CC[C@H](O[C@@H]4O[C@H](CO[C@H]5O[C@H](CO)[C@@H](O)[C@H](O)[C@H]5O)[C@@H](O)[C@H](O)[C@H]4O)C(C)(C)C3=CCC12. The number of fused-ring (bicyclic) bond motifs is 5. The highest BCUT2D eigenvalue weighted by atomic mass is 16.8. The second kappa shape index (κ2) is 28.2. The quantitative estimate of drug-likeness (QED) is 0.0479. The molecule has 5 heterocycles. The van der Waals surface area contributed by atoms with Crippen molar-refractivity contribution in [3.8, 4) is 0 Å². The molecule has 8 fully saturated rings. The first-order valence-corrected chi connectivity index (χ1v) is 32.1. The molecule has 0 aromatic heterocycles. The summed E-state index contributed by atoms with van der Waals surface area (Å²) in [6.45, 7) is 12.6. The fraction of sp³-hybridized carbons (Fsp3) is 0.967. The fourth-order valence-electron chi connectivity index (χ4n) is 17.6. The van der Waals surface area contributed by atoms with E-state index in [9.17, 15) is 97.0 Å². The average Bonchev–Trinajstić information content (AvgIpc) is 1.30. The van der Waals surface area contributed by atoms with E-state index in [1.54, 1.807) is 0 Å². The predicted molar refractivity (Wildman–Crippen MR) is 305 cm³/mol. The Morgan fingerprint density at radius 1 is 0.544 bits per heavy atom. The number of aliphatic hydroxyl groups is 19. The van der Waals surface area contributed by atoms with Gasteiger partial charge in [-0.3, -0.25) is 0 Å². The average molecular weight is 1300 g/mol. The van der Waals surface area contributed by atoms with Crippen LogP contribution in [0, 0.1) is 45.3 Å². The Hall–Kier alpha value is -1.42. The van der Waals surface area contributed by atoms with Crippen LogP contribution < -0.4 is 0 Å². The Bertz CT molecular complexity index is 2360. The van der Waals surface area contributed by atoms with Crippen LogP contribution in [-0.4, -0.2) is 308 Å². The standard InChI is InChI=1S/C61H104O29/c1-9-61-17-16-25(24(2)10-14-36(58(5,6)80)89-56-51(90-55-50(79)44(73)39(68)30(21-64)85-55)46(75)41(70)32(87-56)23-82-53-48(77)43(72)38(67)29(20-63)84-53)59(61,7)18-34(65)60(8)27-12-15-35(57(3,4)26(27)11-13-33(60)61)88-54-49(78)45(74)40(69)31(86-54)22-81-52-47(76)42(71)37(66)28(19-62)83-52/h11,24-25,27-56,62-80H,9-10,12-23H2,1-8H3/t24-,25?,27?,28-,29-,30-,31-,32-,33?,34-,35+,36-,37-,38-,39-,40-,41-,42+,43+,44+,45+,46+,47-,48-,49-,50-,51-,52+,53+,54+,55+,56+,59-,60+,61+/m1/s1. The molecular weight excluding hydrogens is 1200 g/mol. The molecule has 0 spiro atoms. The third kappa shape index (κ3) is 13.0. The summed E-state index contributed by atoms with van der Waals surface area (Å²) in [6, 6.07) is 0. The molecule has 9 aliphatic rings. The topological polar surface area (TPSA) is 477 Å². The van der Waals surface area contributed by atoms with Crippen LogP contribution in [-0.2, 0) is 47.4 Å². The van der Waals surface area contributed by atoms with Crippen molar-refractivity contribution in [3.05, 3.63) is 11.6 Å². The van der Waals surface area contributed by atoms with E-state index >= 15 is 0 Å². The van der Waals surface area contributed by atoms with Gasteiger partial charge in [0.05, 0.1) is 56.9 Å². The molecule has 19 N–H and O–H groups in total. The van der Waals surface area contributed by atoms with Gasteiger partial charge in [0, 0.05) is 10.8 Å². The van der Waals surface area contributed by atoms with Crippen LogP contribution in [0.2, 0.25) is 0 Å². The number of hydrogen-bond donors (Lipinski definition) is 19. The highest BCUT2D eigenvalue weighted by molar-refractivity contribution is 5.32. The molecule has 0 bridgehead atoms. The zero-order chi connectivity index (χ0) is 66.2. The van der Waals surface area contributed by atoms with Crippen LogP contribution in [0.1, 0.15) is 113 Å². The largest absolute Gasteiger partial charge is 0.394 e. The molecule has 0 aromatic rings. The van der Waals surface area contributed by atoms with Gasteiger partial charge < -0.3 is 144 Å². The molecule has 9 rings (SSSR count). The summed E-state index contributed by atoms with van der Waals surface area (Å²) in [7, 11) is 0. The van der Waals surface area contributed by atoms with E-state index in [1.165, 1.54) is 13.8 Å². The third-order valence-corrected chi connectivity index (χ3v) is 23.2. The second-order valence-corrected chi connectivity index (χ2v) is 28.8. The van der Waals surface area contributed by atoms with Crippen molar-refractivity contribution >= 4 is 0 Å². The van der Waals surface area contributed by atoms with Crippen molar-refractivity contribution in [2.24, 2.45) is 45.3 Å². The minimum atomic E-state index is -1.96. The number of rotatable bonds is 21. The van der Waals surface area contributed by atoms with E-state index in [2.05, 4.69) is 33.8 Å². The van der Waals surface area contributed by atoms with Gasteiger partial charge in [-0.25, -0.2) is 0 Å². The van der Waals surface area contributed by atoms with E-state index < -0.39 is 221 Å². The zero-order valence-electron chi connectivity index (χ0n) is 52.5. The molecular formula is C61H104O29. The smallest absolute Gasteiger partial charge is 0.187 e. The van der Waals surface area contributed by atoms with Crippen molar-refractivity contribution in [2.75, 3.05) is 33.0 Å². The van der Waals surface area contributed by atoms with Gasteiger partial charge in [0.2, 0.25) is 0 Å². The molecule has 5 aliphatic heterocycles. The monoisotopic (exact) mass is 1300 g/mol. The molecule has 4 aliphatic carbocycles. The lowest BCUT2D eigenvalue weighted by atomic mass is 9.37. The van der Waals surface area contributed by atoms with Gasteiger partial charge in [-0.15, -0.1) is 0 Å². The lowest BCUT2D eigenvalue weighted by molar-refractivity contribution is -0.380. The molecule has 29 nitrogen and oxygen atoms in total. The Balaban J connectivity index is 0.894. The van der Waals surface area contributed by atoms with Gasteiger partial charge in [0.25, 0.3) is 0 Å². The summed E-state index contributed by atoms with van der Waals surface area (Å²) in [6.07, 6.45) is -36.5. The number of ether oxygens (including phenoxy) is 10. The first kappa shape index (κ1) is 72.8. The predicted octanol–water partition coefficient (Wildman–Crippen LogP) is -5.02. The van der Waals surface area contributed by atoms with Crippen LogP contribution in [0.5, 0.6) is 0 Å². The molecule has 0 aromatic carbocycles. The first-order valence-electron chi connectivity index (χ1n) is 32.1. The van der Waals surface area contributed by atoms with E-state index in [1.807, 2.05) is 13.8 Å². The van der Waals surface area contributed by atoms with Crippen LogP contribution >= 0.6 is 0 Å². The lowest BCUT2D eigenvalue weighted by Gasteiger charge is -2.68. The minimum absolute atomic E-state index is 0.0361. The molecule has 29 heteroatoms. The summed E-state index contributed by atoms with van der Waals surface area (Å²) in [5.41, 5.74) is -2.43. The normalized spacial score (nSPS) is 51.3. The van der Waals surface area contributed by atoms with Crippen LogP contribution in [0.3, 0.4) is 0 Å². The third-order valence-electron chi connectivity index (χ3n) is 23.2. The van der Waals surface area contributed by atoms with E-state index in [-0.39, 0.29) is 40.9 Å².